The van der Waals surface area contributed by atoms with E-state index in [0.29, 0.717) is 41.3 Å². The van der Waals surface area contributed by atoms with E-state index in [2.05, 4.69) is 25.1 Å². The van der Waals surface area contributed by atoms with Crippen LogP contribution in [0.1, 0.15) is 23.4 Å². The van der Waals surface area contributed by atoms with Crippen LogP contribution in [0.3, 0.4) is 0 Å². The number of rotatable bonds is 6. The van der Waals surface area contributed by atoms with Crippen LogP contribution in [0.4, 0.5) is 13.2 Å². The fourth-order valence-corrected chi connectivity index (χ4v) is 5.29. The monoisotopic (exact) mass is 499 g/mol. The Morgan fingerprint density at radius 3 is 2.69 bits per heavy atom. The predicted molar refractivity (Wildman–Crippen MR) is 124 cm³/mol. The Balaban J connectivity index is 1.22. The van der Waals surface area contributed by atoms with Gasteiger partial charge in [-0.2, -0.15) is 4.98 Å². The predicted octanol–water partition coefficient (Wildman–Crippen LogP) is 4.20. The summed E-state index contributed by atoms with van der Waals surface area (Å²) in [7, 11) is 0. The summed E-state index contributed by atoms with van der Waals surface area (Å²) >= 11 is 0. The summed E-state index contributed by atoms with van der Waals surface area (Å²) in [6, 6.07) is 10.4. The van der Waals surface area contributed by atoms with Crippen molar-refractivity contribution < 1.29 is 27.5 Å². The van der Waals surface area contributed by atoms with Gasteiger partial charge in [0.1, 0.15) is 5.75 Å². The van der Waals surface area contributed by atoms with Crippen molar-refractivity contribution >= 4 is 10.8 Å². The van der Waals surface area contributed by atoms with Crippen LogP contribution in [0.2, 0.25) is 0 Å². The number of benzene rings is 2. The van der Waals surface area contributed by atoms with Crippen LogP contribution in [0.5, 0.6) is 11.6 Å². The second-order valence-electron chi connectivity index (χ2n) is 9.47. The SMILES string of the molecule is Cc1cc(-c2noc(CN3CC4CC3CN4)n2)cc2cn(Cc3ccc(OC(F)(F)F)cc3)c(O)c12. The number of alkyl halides is 3. The minimum atomic E-state index is -4.74. The molecule has 2 aromatic heterocycles. The second-order valence-corrected chi connectivity index (χ2v) is 9.47. The maximum atomic E-state index is 12.4. The molecule has 2 aromatic carbocycles. The first kappa shape index (κ1) is 22.9. The van der Waals surface area contributed by atoms with E-state index in [1.54, 1.807) is 10.8 Å². The van der Waals surface area contributed by atoms with Crippen molar-refractivity contribution in [3.8, 4) is 23.0 Å². The van der Waals surface area contributed by atoms with Gasteiger partial charge in [0, 0.05) is 47.7 Å². The zero-order chi connectivity index (χ0) is 25.0. The summed E-state index contributed by atoms with van der Waals surface area (Å²) in [6.07, 6.45) is -1.78. The topological polar surface area (TPSA) is 88.6 Å². The first-order valence-corrected chi connectivity index (χ1v) is 11.7. The fraction of sp³-hybridized carbons (Fsp3) is 0.360. The standard InChI is InChI=1S/C25H24F3N5O3/c1-14-6-16(23-30-21(36-31-23)13-32-12-18-8-19(32)9-29-18)7-17-11-33(24(34)22(14)17)10-15-2-4-20(5-3-15)35-25(26,27)28/h2-7,11,18-19,29,34H,8-10,12-13H2,1H3. The first-order valence-electron chi connectivity index (χ1n) is 11.7. The van der Waals surface area contributed by atoms with Crippen LogP contribution in [-0.4, -0.2) is 56.2 Å². The van der Waals surface area contributed by atoms with Crippen molar-refractivity contribution in [2.75, 3.05) is 13.1 Å². The van der Waals surface area contributed by atoms with E-state index >= 15 is 0 Å². The van der Waals surface area contributed by atoms with Crippen molar-refractivity contribution in [1.29, 1.82) is 0 Å². The number of aryl methyl sites for hydroxylation is 1. The third kappa shape index (κ3) is 4.40. The number of nitrogens with zero attached hydrogens (tertiary/aromatic N) is 4. The highest BCUT2D eigenvalue weighted by Crippen LogP contribution is 2.35. The molecule has 4 heterocycles. The second kappa shape index (κ2) is 8.52. The Labute approximate surface area is 204 Å². The molecule has 0 spiro atoms. The van der Waals surface area contributed by atoms with Crippen LogP contribution in [0.25, 0.3) is 22.2 Å². The van der Waals surface area contributed by atoms with Gasteiger partial charge < -0.3 is 24.3 Å². The number of fused-ring (bicyclic) bond motifs is 3. The molecule has 2 unspecified atom stereocenters. The van der Waals surface area contributed by atoms with Gasteiger partial charge in [-0.1, -0.05) is 17.3 Å². The molecule has 2 bridgehead atoms. The Kier molecular flexibility index (Phi) is 5.41. The van der Waals surface area contributed by atoms with Crippen LogP contribution in [-0.2, 0) is 13.1 Å². The van der Waals surface area contributed by atoms with Gasteiger partial charge >= 0.3 is 6.36 Å². The number of likely N-dealkylation sites (tertiary alicyclic amines) is 1. The molecule has 0 saturated carbocycles. The Hall–Kier alpha value is -3.57. The van der Waals surface area contributed by atoms with Crippen molar-refractivity contribution in [2.24, 2.45) is 0 Å². The largest absolute Gasteiger partial charge is 0.573 e. The molecule has 2 aliphatic rings. The molecule has 0 radical (unpaired) electrons. The van der Waals surface area contributed by atoms with Crippen LogP contribution in [0, 0.1) is 6.92 Å². The molecule has 2 aliphatic heterocycles. The summed E-state index contributed by atoms with van der Waals surface area (Å²) < 4.78 is 48.3. The van der Waals surface area contributed by atoms with E-state index in [4.69, 9.17) is 4.52 Å². The average molecular weight is 499 g/mol. The number of hydrogen-bond acceptors (Lipinski definition) is 7. The molecule has 6 rings (SSSR count). The molecule has 2 saturated heterocycles. The summed E-state index contributed by atoms with van der Waals surface area (Å²) in [4.78, 5) is 6.97. The van der Waals surface area contributed by atoms with E-state index < -0.39 is 6.36 Å². The van der Waals surface area contributed by atoms with Crippen LogP contribution < -0.4 is 10.1 Å². The highest BCUT2D eigenvalue weighted by molar-refractivity contribution is 5.93. The van der Waals surface area contributed by atoms with Crippen LogP contribution in [0.15, 0.2) is 47.1 Å². The first-order chi connectivity index (χ1) is 17.2. The fourth-order valence-electron chi connectivity index (χ4n) is 5.29. The number of hydrogen-bond donors (Lipinski definition) is 2. The molecule has 11 heteroatoms. The van der Waals surface area contributed by atoms with E-state index in [1.807, 2.05) is 19.1 Å². The van der Waals surface area contributed by atoms with Gasteiger partial charge in [-0.15, -0.1) is 13.2 Å². The van der Waals surface area contributed by atoms with E-state index in [0.717, 1.165) is 36.0 Å². The van der Waals surface area contributed by atoms with Gasteiger partial charge in [0.15, 0.2) is 5.88 Å². The highest BCUT2D eigenvalue weighted by atomic mass is 19.4. The van der Waals surface area contributed by atoms with Crippen molar-refractivity contribution in [3.63, 3.8) is 0 Å². The summed E-state index contributed by atoms with van der Waals surface area (Å²) in [6.45, 7) is 4.78. The lowest BCUT2D eigenvalue weighted by atomic mass is 10.1. The van der Waals surface area contributed by atoms with Crippen LogP contribution >= 0.6 is 0 Å². The molecule has 4 aromatic rings. The minimum absolute atomic E-state index is 0.0798. The van der Waals surface area contributed by atoms with Gasteiger partial charge in [-0.05, 0) is 48.7 Å². The summed E-state index contributed by atoms with van der Waals surface area (Å²) in [5.41, 5.74) is 2.35. The average Bonchev–Trinajstić information content (AvgIpc) is 3.60. The Morgan fingerprint density at radius 2 is 2.00 bits per heavy atom. The molecule has 8 nitrogen and oxygen atoms in total. The van der Waals surface area contributed by atoms with Crippen molar-refractivity contribution in [3.05, 3.63) is 59.6 Å². The lowest BCUT2D eigenvalue weighted by Crippen LogP contribution is -2.43. The Bertz CT molecular complexity index is 1410. The van der Waals surface area contributed by atoms with E-state index in [-0.39, 0.29) is 18.2 Å². The van der Waals surface area contributed by atoms with E-state index in [1.165, 1.54) is 24.3 Å². The minimum Gasteiger partial charge on any atom is -0.494 e. The number of aromatic nitrogens is 3. The molecule has 36 heavy (non-hydrogen) atoms. The molecular weight excluding hydrogens is 475 g/mol. The van der Waals surface area contributed by atoms with Gasteiger partial charge in [-0.25, -0.2) is 0 Å². The number of nitrogens with one attached hydrogen (secondary N) is 1. The van der Waals surface area contributed by atoms with Crippen molar-refractivity contribution in [1.82, 2.24) is 24.9 Å². The molecule has 2 N–H and O–H groups in total. The zero-order valence-corrected chi connectivity index (χ0v) is 19.4. The van der Waals surface area contributed by atoms with Crippen molar-refractivity contribution in [2.45, 2.75) is 44.9 Å². The number of halogens is 3. The quantitative estimate of drug-likeness (QED) is 0.411. The third-order valence-corrected chi connectivity index (χ3v) is 6.90. The highest BCUT2D eigenvalue weighted by Gasteiger charge is 2.38. The molecule has 2 atom stereocenters. The lowest BCUT2D eigenvalue weighted by Gasteiger charge is -2.25. The Morgan fingerprint density at radius 1 is 1.19 bits per heavy atom. The van der Waals surface area contributed by atoms with Gasteiger partial charge in [0.25, 0.3) is 0 Å². The summed E-state index contributed by atoms with van der Waals surface area (Å²) in [5.74, 6) is 0.858. The zero-order valence-electron chi connectivity index (χ0n) is 19.4. The normalized spacial score (nSPS) is 20.0. The molecule has 0 aliphatic carbocycles. The maximum Gasteiger partial charge on any atom is 0.573 e. The number of piperazine rings is 1. The molecular formula is C25H24F3N5O3. The smallest absolute Gasteiger partial charge is 0.494 e. The molecule has 188 valence electrons. The lowest BCUT2D eigenvalue weighted by molar-refractivity contribution is -0.274. The van der Waals surface area contributed by atoms with E-state index in [9.17, 15) is 18.3 Å². The number of aromatic hydroxyl groups is 1. The third-order valence-electron chi connectivity index (χ3n) is 6.90. The van der Waals surface area contributed by atoms with Gasteiger partial charge in [0.2, 0.25) is 11.7 Å². The van der Waals surface area contributed by atoms with Gasteiger partial charge in [-0.3, -0.25) is 4.90 Å². The summed E-state index contributed by atoms with van der Waals surface area (Å²) in [5, 5.41) is 20.0. The molecule has 2 fully saturated rings. The molecule has 0 amide bonds. The number of ether oxygens (including phenoxy) is 1. The maximum absolute atomic E-state index is 12.4. The van der Waals surface area contributed by atoms with Gasteiger partial charge in [0.05, 0.1) is 13.1 Å².